The maximum atomic E-state index is 11.5. The van der Waals surface area contributed by atoms with Crippen molar-refractivity contribution >= 4 is 23.1 Å². The molecule has 100 valence electrons. The normalized spacial score (nSPS) is 16.1. The molecule has 0 amide bonds. The Balaban J connectivity index is 2.09. The van der Waals surface area contributed by atoms with E-state index in [1.807, 2.05) is 10.6 Å². The Bertz CT molecular complexity index is 630. The van der Waals surface area contributed by atoms with Crippen LogP contribution in [0.5, 0.6) is 0 Å². The molecule has 0 bridgehead atoms. The monoisotopic (exact) mass is 278 g/mol. The van der Waals surface area contributed by atoms with Crippen LogP contribution in [-0.4, -0.2) is 22.5 Å². The van der Waals surface area contributed by atoms with E-state index in [1.54, 1.807) is 12.1 Å². The summed E-state index contributed by atoms with van der Waals surface area (Å²) in [6.07, 6.45) is 6.67. The molecule has 0 aromatic carbocycles. The van der Waals surface area contributed by atoms with Crippen molar-refractivity contribution in [3.63, 3.8) is 0 Å². The molecule has 5 heteroatoms. The SMILES string of the molecule is COC(=O)c1ccn2c(C3CCCC3)nc(Cl)c2c1. The highest BCUT2D eigenvalue weighted by Gasteiger charge is 2.23. The lowest BCUT2D eigenvalue weighted by Crippen LogP contribution is -2.04. The molecule has 2 heterocycles. The van der Waals surface area contributed by atoms with Crippen molar-refractivity contribution in [3.8, 4) is 0 Å². The number of halogens is 1. The molecule has 3 rings (SSSR count). The summed E-state index contributed by atoms with van der Waals surface area (Å²) in [6.45, 7) is 0. The lowest BCUT2D eigenvalue weighted by atomic mass is 10.1. The summed E-state index contributed by atoms with van der Waals surface area (Å²) < 4.78 is 6.71. The zero-order valence-corrected chi connectivity index (χ0v) is 11.5. The van der Waals surface area contributed by atoms with Gasteiger partial charge in [0.15, 0.2) is 5.15 Å². The highest BCUT2D eigenvalue weighted by atomic mass is 35.5. The number of aromatic nitrogens is 2. The summed E-state index contributed by atoms with van der Waals surface area (Å²) in [7, 11) is 1.37. The molecule has 19 heavy (non-hydrogen) atoms. The molecule has 2 aromatic heterocycles. The number of pyridine rings is 1. The second kappa shape index (κ2) is 4.85. The van der Waals surface area contributed by atoms with Gasteiger partial charge in [-0.3, -0.25) is 0 Å². The maximum absolute atomic E-state index is 11.5. The molecule has 1 fully saturated rings. The van der Waals surface area contributed by atoms with Crippen LogP contribution in [-0.2, 0) is 4.74 Å². The molecular weight excluding hydrogens is 264 g/mol. The van der Waals surface area contributed by atoms with Gasteiger partial charge in [0.25, 0.3) is 0 Å². The highest BCUT2D eigenvalue weighted by Crippen LogP contribution is 2.35. The minimum atomic E-state index is -0.359. The van der Waals surface area contributed by atoms with Crippen LogP contribution in [0.15, 0.2) is 18.3 Å². The molecule has 4 nitrogen and oxygen atoms in total. The van der Waals surface area contributed by atoms with Gasteiger partial charge >= 0.3 is 5.97 Å². The van der Waals surface area contributed by atoms with Gasteiger partial charge in [-0.15, -0.1) is 0 Å². The van der Waals surface area contributed by atoms with Gasteiger partial charge in [-0.25, -0.2) is 9.78 Å². The third-order valence-electron chi connectivity index (χ3n) is 3.77. The first-order chi connectivity index (χ1) is 9.20. The van der Waals surface area contributed by atoms with Crippen LogP contribution in [0.25, 0.3) is 5.52 Å². The van der Waals surface area contributed by atoms with Gasteiger partial charge in [0.1, 0.15) is 5.82 Å². The van der Waals surface area contributed by atoms with Crippen LogP contribution in [0.1, 0.15) is 47.8 Å². The molecule has 0 unspecified atom stereocenters. The molecule has 1 saturated carbocycles. The highest BCUT2D eigenvalue weighted by molar-refractivity contribution is 6.32. The number of ether oxygens (including phenoxy) is 1. The topological polar surface area (TPSA) is 43.6 Å². The minimum Gasteiger partial charge on any atom is -0.465 e. The number of carbonyl (C=O) groups is 1. The van der Waals surface area contributed by atoms with E-state index in [9.17, 15) is 4.79 Å². The number of imidazole rings is 1. The molecule has 1 aliphatic carbocycles. The fourth-order valence-electron chi connectivity index (χ4n) is 2.79. The van der Waals surface area contributed by atoms with E-state index in [0.29, 0.717) is 16.6 Å². The number of nitrogens with zero attached hydrogens (tertiary/aromatic N) is 2. The Morgan fingerprint density at radius 3 is 2.89 bits per heavy atom. The first kappa shape index (κ1) is 12.5. The Hall–Kier alpha value is -1.55. The summed E-state index contributed by atoms with van der Waals surface area (Å²) in [5, 5.41) is 0.452. The third kappa shape index (κ3) is 2.10. The summed E-state index contributed by atoms with van der Waals surface area (Å²) in [4.78, 5) is 16.0. The number of rotatable bonds is 2. The number of hydrogen-bond donors (Lipinski definition) is 0. The van der Waals surface area contributed by atoms with Crippen LogP contribution in [0.3, 0.4) is 0 Å². The Morgan fingerprint density at radius 2 is 2.21 bits per heavy atom. The zero-order chi connectivity index (χ0) is 13.4. The van der Waals surface area contributed by atoms with E-state index in [2.05, 4.69) is 4.98 Å². The van der Waals surface area contributed by atoms with Gasteiger partial charge in [-0.05, 0) is 25.0 Å². The van der Waals surface area contributed by atoms with Crippen molar-refractivity contribution in [1.29, 1.82) is 0 Å². The van der Waals surface area contributed by atoms with Crippen LogP contribution < -0.4 is 0 Å². The Labute approximate surface area is 116 Å². The van der Waals surface area contributed by atoms with Gasteiger partial charge in [-0.1, -0.05) is 24.4 Å². The van der Waals surface area contributed by atoms with E-state index in [0.717, 1.165) is 24.2 Å². The van der Waals surface area contributed by atoms with Gasteiger partial charge < -0.3 is 9.14 Å². The van der Waals surface area contributed by atoms with E-state index in [4.69, 9.17) is 16.3 Å². The fourth-order valence-corrected chi connectivity index (χ4v) is 3.02. The quantitative estimate of drug-likeness (QED) is 0.791. The zero-order valence-electron chi connectivity index (χ0n) is 10.7. The van der Waals surface area contributed by atoms with Crippen LogP contribution >= 0.6 is 11.6 Å². The van der Waals surface area contributed by atoms with Crippen molar-refractivity contribution in [3.05, 3.63) is 34.9 Å². The Morgan fingerprint density at radius 1 is 1.47 bits per heavy atom. The standard InChI is InChI=1S/C14H15ClN2O2/c1-19-14(18)10-6-7-17-11(8-10)12(15)16-13(17)9-4-2-3-5-9/h6-9H,2-5H2,1H3. The summed E-state index contributed by atoms with van der Waals surface area (Å²) in [5.41, 5.74) is 1.27. The molecule has 0 spiro atoms. The third-order valence-corrected chi connectivity index (χ3v) is 4.05. The maximum Gasteiger partial charge on any atom is 0.337 e. The minimum absolute atomic E-state index is 0.359. The van der Waals surface area contributed by atoms with Crippen LogP contribution in [0.2, 0.25) is 5.15 Å². The second-order valence-corrected chi connectivity index (χ2v) is 5.26. The second-order valence-electron chi connectivity index (χ2n) is 4.90. The summed E-state index contributed by atoms with van der Waals surface area (Å²) >= 11 is 6.19. The molecule has 0 aliphatic heterocycles. The van der Waals surface area contributed by atoms with Crippen molar-refractivity contribution < 1.29 is 9.53 Å². The van der Waals surface area contributed by atoms with Crippen molar-refractivity contribution in [1.82, 2.24) is 9.38 Å². The lowest BCUT2D eigenvalue weighted by Gasteiger charge is -2.08. The molecular formula is C14H15ClN2O2. The van der Waals surface area contributed by atoms with Gasteiger partial charge in [-0.2, -0.15) is 0 Å². The summed E-state index contributed by atoms with van der Waals surface area (Å²) in [5.74, 6) is 1.13. The van der Waals surface area contributed by atoms with Crippen molar-refractivity contribution in [2.24, 2.45) is 0 Å². The predicted molar refractivity (Wildman–Crippen MR) is 72.8 cm³/mol. The molecule has 0 N–H and O–H groups in total. The van der Waals surface area contributed by atoms with Gasteiger partial charge in [0.2, 0.25) is 0 Å². The average molecular weight is 279 g/mol. The number of carbonyl (C=O) groups excluding carboxylic acids is 1. The Kier molecular flexibility index (Phi) is 3.19. The number of fused-ring (bicyclic) bond motifs is 1. The van der Waals surface area contributed by atoms with Crippen LogP contribution in [0, 0.1) is 0 Å². The number of hydrogen-bond acceptors (Lipinski definition) is 3. The smallest absolute Gasteiger partial charge is 0.337 e. The first-order valence-electron chi connectivity index (χ1n) is 6.46. The lowest BCUT2D eigenvalue weighted by molar-refractivity contribution is 0.0600. The van der Waals surface area contributed by atoms with Crippen LogP contribution in [0.4, 0.5) is 0 Å². The van der Waals surface area contributed by atoms with E-state index in [-0.39, 0.29) is 5.97 Å². The van der Waals surface area contributed by atoms with E-state index in [1.165, 1.54) is 20.0 Å². The van der Waals surface area contributed by atoms with Gasteiger partial charge in [0.05, 0.1) is 18.2 Å². The van der Waals surface area contributed by atoms with Crippen molar-refractivity contribution in [2.45, 2.75) is 31.6 Å². The summed E-state index contributed by atoms with van der Waals surface area (Å²) in [6, 6.07) is 3.48. The number of methoxy groups -OCH3 is 1. The van der Waals surface area contributed by atoms with Crippen molar-refractivity contribution in [2.75, 3.05) is 7.11 Å². The van der Waals surface area contributed by atoms with Gasteiger partial charge in [0, 0.05) is 12.1 Å². The molecule has 0 saturated heterocycles. The largest absolute Gasteiger partial charge is 0.465 e. The first-order valence-corrected chi connectivity index (χ1v) is 6.84. The number of esters is 1. The van der Waals surface area contributed by atoms with E-state index < -0.39 is 0 Å². The average Bonchev–Trinajstić information content (AvgIpc) is 3.06. The molecule has 0 atom stereocenters. The fraction of sp³-hybridized carbons (Fsp3) is 0.429. The predicted octanol–water partition coefficient (Wildman–Crippen LogP) is 3.43. The molecule has 1 aliphatic rings. The molecule has 2 aromatic rings. The molecule has 0 radical (unpaired) electrons. The van der Waals surface area contributed by atoms with E-state index >= 15 is 0 Å².